The molecule has 0 heterocycles. The highest BCUT2D eigenvalue weighted by Crippen LogP contribution is 2.24. The molecule has 5 nitrogen and oxygen atoms in total. The second kappa shape index (κ2) is 7.43. The summed E-state index contributed by atoms with van der Waals surface area (Å²) in [5.74, 6) is 1.04. The third kappa shape index (κ3) is 3.99. The summed E-state index contributed by atoms with van der Waals surface area (Å²) in [5, 5.41) is 3.04. The average molecular weight is 265 g/mol. The molecule has 0 bridgehead atoms. The molecule has 0 aromatic heterocycles. The number of carbonyl (C=O) groups excluding carboxylic acids is 1. The molecule has 1 aromatic rings. The Morgan fingerprint density at radius 2 is 2.11 bits per heavy atom. The average Bonchev–Trinajstić information content (AvgIpc) is 2.47. The predicted molar refractivity (Wildman–Crippen MR) is 72.4 cm³/mol. The van der Waals surface area contributed by atoms with Gasteiger partial charge in [0.15, 0.2) is 0 Å². The van der Waals surface area contributed by atoms with Crippen LogP contribution in [0.2, 0.25) is 0 Å². The highest BCUT2D eigenvalue weighted by molar-refractivity contribution is 5.77. The maximum absolute atomic E-state index is 11.4. The normalized spacial score (nSPS) is 11.5. The molecule has 5 heteroatoms. The Morgan fingerprint density at radius 1 is 1.37 bits per heavy atom. The van der Waals surface area contributed by atoms with Crippen LogP contribution >= 0.6 is 0 Å². The minimum atomic E-state index is -0.545. The van der Waals surface area contributed by atoms with Crippen LogP contribution in [-0.4, -0.2) is 33.3 Å². The molecule has 0 spiro atoms. The molecule has 0 saturated carbocycles. The van der Waals surface area contributed by atoms with Gasteiger partial charge in [0.1, 0.15) is 17.5 Å². The third-order valence-electron chi connectivity index (χ3n) is 2.70. The van der Waals surface area contributed by atoms with Gasteiger partial charge >= 0.3 is 5.97 Å². The van der Waals surface area contributed by atoms with Crippen LogP contribution in [0.1, 0.15) is 5.56 Å². The Morgan fingerprint density at radius 3 is 2.63 bits per heavy atom. The molecule has 1 rings (SSSR count). The molecule has 0 aliphatic heterocycles. The van der Waals surface area contributed by atoms with Gasteiger partial charge in [-0.3, -0.25) is 10.1 Å². The van der Waals surface area contributed by atoms with E-state index in [9.17, 15) is 4.79 Å². The molecule has 1 unspecified atom stereocenters. The molecule has 19 heavy (non-hydrogen) atoms. The summed E-state index contributed by atoms with van der Waals surface area (Å²) in [6, 6.07) is 4.96. The molecule has 0 radical (unpaired) electrons. The fraction of sp³-hybridized carbons (Fsp3) is 0.357. The van der Waals surface area contributed by atoms with E-state index in [1.54, 1.807) is 20.3 Å². The van der Waals surface area contributed by atoms with Crippen molar-refractivity contribution in [2.45, 2.75) is 12.6 Å². The van der Waals surface area contributed by atoms with E-state index in [1.165, 1.54) is 13.2 Å². The van der Waals surface area contributed by atoms with E-state index in [0.717, 1.165) is 5.56 Å². The summed E-state index contributed by atoms with van der Waals surface area (Å²) in [6.45, 7) is 4.06. The Balaban J connectivity index is 2.76. The zero-order chi connectivity index (χ0) is 14.3. The summed E-state index contributed by atoms with van der Waals surface area (Å²) in [6.07, 6.45) is 1.50. The van der Waals surface area contributed by atoms with Gasteiger partial charge < -0.3 is 14.2 Å². The van der Waals surface area contributed by atoms with Gasteiger partial charge in [-0.05, 0) is 6.07 Å². The van der Waals surface area contributed by atoms with E-state index < -0.39 is 6.04 Å². The first-order valence-corrected chi connectivity index (χ1v) is 5.81. The van der Waals surface area contributed by atoms with Crippen LogP contribution in [0.15, 0.2) is 30.9 Å². The summed E-state index contributed by atoms with van der Waals surface area (Å²) in [5.41, 5.74) is 0.916. The van der Waals surface area contributed by atoms with Gasteiger partial charge in [0.25, 0.3) is 0 Å². The van der Waals surface area contributed by atoms with Crippen molar-refractivity contribution in [1.29, 1.82) is 0 Å². The molecular formula is C14H19NO4. The molecule has 0 aliphatic carbocycles. The molecular weight excluding hydrogens is 246 g/mol. The number of ether oxygens (including phenoxy) is 3. The van der Waals surface area contributed by atoms with Gasteiger partial charge in [0, 0.05) is 18.2 Å². The van der Waals surface area contributed by atoms with Gasteiger partial charge in [-0.1, -0.05) is 12.1 Å². The number of carbonyl (C=O) groups is 1. The number of esters is 1. The maximum Gasteiger partial charge on any atom is 0.326 e. The number of nitrogens with one attached hydrogen (secondary N) is 1. The van der Waals surface area contributed by atoms with E-state index in [4.69, 9.17) is 9.47 Å². The summed E-state index contributed by atoms with van der Waals surface area (Å²) >= 11 is 0. The number of benzene rings is 1. The largest absolute Gasteiger partial charge is 0.497 e. The Hall–Kier alpha value is -2.01. The summed E-state index contributed by atoms with van der Waals surface area (Å²) in [7, 11) is 4.52. The molecule has 0 saturated heterocycles. The lowest BCUT2D eigenvalue weighted by Gasteiger charge is -2.14. The topological polar surface area (TPSA) is 56.8 Å². The molecule has 0 amide bonds. The van der Waals surface area contributed by atoms with Gasteiger partial charge in [0.05, 0.1) is 21.3 Å². The lowest BCUT2D eigenvalue weighted by atomic mass is 10.1. The van der Waals surface area contributed by atoms with Crippen molar-refractivity contribution in [3.8, 4) is 11.5 Å². The Kier molecular flexibility index (Phi) is 5.89. The lowest BCUT2D eigenvalue weighted by molar-refractivity contribution is -0.141. The van der Waals surface area contributed by atoms with Crippen molar-refractivity contribution >= 4 is 5.97 Å². The first-order valence-electron chi connectivity index (χ1n) is 5.81. The van der Waals surface area contributed by atoms with Crippen LogP contribution in [-0.2, 0) is 16.1 Å². The van der Waals surface area contributed by atoms with Gasteiger partial charge in [0.2, 0.25) is 0 Å². The Bertz CT molecular complexity index is 445. The standard InChI is InChI=1S/C14H19NO4/c1-5-12(14(16)19-4)15-9-10-6-7-11(17-2)8-13(10)18-3/h5-8,12,15H,1,9H2,2-4H3. The Labute approximate surface area is 113 Å². The van der Waals surface area contributed by atoms with E-state index in [0.29, 0.717) is 18.0 Å². The van der Waals surface area contributed by atoms with E-state index in [2.05, 4.69) is 16.6 Å². The van der Waals surface area contributed by atoms with Crippen molar-refractivity contribution < 1.29 is 19.0 Å². The van der Waals surface area contributed by atoms with Gasteiger partial charge in [-0.2, -0.15) is 0 Å². The zero-order valence-electron chi connectivity index (χ0n) is 11.4. The SMILES string of the molecule is C=CC(NCc1ccc(OC)cc1OC)C(=O)OC. The highest BCUT2D eigenvalue weighted by Gasteiger charge is 2.15. The number of rotatable bonds is 7. The molecule has 0 fully saturated rings. The van der Waals surface area contributed by atoms with E-state index >= 15 is 0 Å². The van der Waals surface area contributed by atoms with Crippen LogP contribution in [0.3, 0.4) is 0 Å². The highest BCUT2D eigenvalue weighted by atomic mass is 16.5. The quantitative estimate of drug-likeness (QED) is 0.598. The minimum absolute atomic E-state index is 0.373. The first kappa shape index (κ1) is 15.0. The smallest absolute Gasteiger partial charge is 0.326 e. The summed E-state index contributed by atoms with van der Waals surface area (Å²) in [4.78, 5) is 11.4. The van der Waals surface area contributed by atoms with E-state index in [1.807, 2.05) is 12.1 Å². The number of methoxy groups -OCH3 is 3. The van der Waals surface area contributed by atoms with Crippen molar-refractivity contribution in [3.63, 3.8) is 0 Å². The monoisotopic (exact) mass is 265 g/mol. The van der Waals surface area contributed by atoms with Crippen molar-refractivity contribution in [3.05, 3.63) is 36.4 Å². The minimum Gasteiger partial charge on any atom is -0.497 e. The van der Waals surface area contributed by atoms with Crippen molar-refractivity contribution in [2.24, 2.45) is 0 Å². The van der Waals surface area contributed by atoms with Crippen LogP contribution in [0.5, 0.6) is 11.5 Å². The predicted octanol–water partition coefficient (Wildman–Crippen LogP) is 1.52. The van der Waals surface area contributed by atoms with Crippen LogP contribution in [0.4, 0.5) is 0 Å². The zero-order valence-corrected chi connectivity index (χ0v) is 11.4. The molecule has 0 aliphatic rings. The molecule has 1 N–H and O–H groups in total. The van der Waals surface area contributed by atoms with Crippen LogP contribution in [0.25, 0.3) is 0 Å². The number of hydrogen-bond donors (Lipinski definition) is 1. The van der Waals surface area contributed by atoms with Gasteiger partial charge in [-0.15, -0.1) is 6.58 Å². The fourth-order valence-electron chi connectivity index (χ4n) is 1.61. The lowest BCUT2D eigenvalue weighted by Crippen LogP contribution is -2.35. The van der Waals surface area contributed by atoms with Crippen molar-refractivity contribution in [1.82, 2.24) is 5.32 Å². The molecule has 1 aromatic carbocycles. The molecule has 104 valence electrons. The molecule has 1 atom stereocenters. The second-order valence-electron chi connectivity index (χ2n) is 3.80. The van der Waals surface area contributed by atoms with Crippen molar-refractivity contribution in [2.75, 3.05) is 21.3 Å². The number of hydrogen-bond acceptors (Lipinski definition) is 5. The fourth-order valence-corrected chi connectivity index (χ4v) is 1.61. The van der Waals surface area contributed by atoms with Crippen LogP contribution in [0, 0.1) is 0 Å². The third-order valence-corrected chi connectivity index (χ3v) is 2.70. The van der Waals surface area contributed by atoms with Crippen LogP contribution < -0.4 is 14.8 Å². The summed E-state index contributed by atoms with van der Waals surface area (Å²) < 4.78 is 15.1. The van der Waals surface area contributed by atoms with Gasteiger partial charge in [-0.25, -0.2) is 0 Å². The van der Waals surface area contributed by atoms with E-state index in [-0.39, 0.29) is 5.97 Å². The second-order valence-corrected chi connectivity index (χ2v) is 3.80. The first-order chi connectivity index (χ1) is 9.15. The maximum atomic E-state index is 11.4.